The monoisotopic (exact) mass is 289 g/mol. The average Bonchev–Trinajstić information content (AvgIpc) is 2.71. The van der Waals surface area contributed by atoms with Gasteiger partial charge in [-0.2, -0.15) is 0 Å². The molecule has 106 valence electrons. The number of aryl methyl sites for hydroxylation is 2. The van der Waals surface area contributed by atoms with Crippen LogP contribution >= 0.6 is 11.3 Å². The zero-order chi connectivity index (χ0) is 14.9. The van der Waals surface area contributed by atoms with E-state index in [0.717, 1.165) is 5.56 Å². The third-order valence-corrected chi connectivity index (χ3v) is 4.43. The van der Waals surface area contributed by atoms with E-state index in [-0.39, 0.29) is 17.7 Å². The summed E-state index contributed by atoms with van der Waals surface area (Å²) in [5, 5.41) is 12.7. The second-order valence-electron chi connectivity index (χ2n) is 5.01. The van der Waals surface area contributed by atoms with Crippen molar-refractivity contribution in [2.75, 3.05) is 0 Å². The molecule has 3 nitrogen and oxygen atoms in total. The van der Waals surface area contributed by atoms with Crippen LogP contribution in [0.4, 0.5) is 0 Å². The van der Waals surface area contributed by atoms with Crippen molar-refractivity contribution in [1.29, 1.82) is 0 Å². The Labute approximate surface area is 123 Å². The zero-order valence-corrected chi connectivity index (χ0v) is 13.0. The molecular weight excluding hydrogens is 270 g/mol. The van der Waals surface area contributed by atoms with Gasteiger partial charge in [0, 0.05) is 20.9 Å². The number of nitrogens with one attached hydrogen (secondary N) is 1. The van der Waals surface area contributed by atoms with E-state index in [1.54, 1.807) is 36.5 Å². The number of aromatic hydroxyl groups is 1. The molecule has 0 aliphatic rings. The van der Waals surface area contributed by atoms with Crippen LogP contribution in [0.1, 0.15) is 44.2 Å². The molecule has 1 heterocycles. The minimum Gasteiger partial charge on any atom is -0.508 e. The standard InChI is InChI=1S/C16H19NO2S/c1-9-8-14(12(4)20-9)11(3)17-16(19)13-6-5-7-15(18)10(13)2/h5-8,11,18H,1-4H3,(H,17,19). The van der Waals surface area contributed by atoms with Crippen molar-refractivity contribution in [1.82, 2.24) is 5.32 Å². The van der Waals surface area contributed by atoms with E-state index in [4.69, 9.17) is 0 Å². The van der Waals surface area contributed by atoms with Crippen LogP contribution in [-0.4, -0.2) is 11.0 Å². The first kappa shape index (κ1) is 14.6. The molecule has 1 aromatic heterocycles. The van der Waals surface area contributed by atoms with Gasteiger partial charge in [-0.15, -0.1) is 11.3 Å². The number of carbonyl (C=O) groups is 1. The summed E-state index contributed by atoms with van der Waals surface area (Å²) in [6, 6.07) is 7.06. The SMILES string of the molecule is Cc1cc(C(C)NC(=O)c2cccc(O)c2C)c(C)s1. The van der Waals surface area contributed by atoms with Gasteiger partial charge in [0.15, 0.2) is 0 Å². The third kappa shape index (κ3) is 2.85. The van der Waals surface area contributed by atoms with Crippen LogP contribution in [0.15, 0.2) is 24.3 Å². The van der Waals surface area contributed by atoms with Gasteiger partial charge in [0.1, 0.15) is 5.75 Å². The highest BCUT2D eigenvalue weighted by atomic mass is 32.1. The van der Waals surface area contributed by atoms with E-state index in [9.17, 15) is 9.90 Å². The van der Waals surface area contributed by atoms with Crippen molar-refractivity contribution in [3.8, 4) is 5.75 Å². The molecule has 0 aliphatic heterocycles. The maximum absolute atomic E-state index is 12.3. The fourth-order valence-electron chi connectivity index (χ4n) is 2.30. The first-order valence-electron chi connectivity index (χ1n) is 6.56. The van der Waals surface area contributed by atoms with Gasteiger partial charge in [0.25, 0.3) is 5.91 Å². The van der Waals surface area contributed by atoms with E-state index in [0.29, 0.717) is 11.1 Å². The number of amides is 1. The van der Waals surface area contributed by atoms with Gasteiger partial charge in [-0.25, -0.2) is 0 Å². The van der Waals surface area contributed by atoms with Crippen molar-refractivity contribution < 1.29 is 9.90 Å². The smallest absolute Gasteiger partial charge is 0.252 e. The summed E-state index contributed by atoms with van der Waals surface area (Å²) in [5.74, 6) is -0.0120. The van der Waals surface area contributed by atoms with Gasteiger partial charge in [0.05, 0.1) is 6.04 Å². The highest BCUT2D eigenvalue weighted by Crippen LogP contribution is 2.27. The van der Waals surface area contributed by atoms with Crippen LogP contribution < -0.4 is 5.32 Å². The summed E-state index contributed by atoms with van der Waals surface area (Å²) in [6.07, 6.45) is 0. The number of thiophene rings is 1. The Bertz CT molecular complexity index is 646. The lowest BCUT2D eigenvalue weighted by molar-refractivity contribution is 0.0939. The number of phenols is 1. The lowest BCUT2D eigenvalue weighted by Gasteiger charge is -2.15. The molecule has 1 atom stereocenters. The van der Waals surface area contributed by atoms with E-state index in [1.807, 2.05) is 6.92 Å². The predicted molar refractivity (Wildman–Crippen MR) is 82.5 cm³/mol. The third-order valence-electron chi connectivity index (χ3n) is 3.44. The summed E-state index contributed by atoms with van der Waals surface area (Å²) < 4.78 is 0. The highest BCUT2D eigenvalue weighted by molar-refractivity contribution is 7.12. The second-order valence-corrected chi connectivity index (χ2v) is 6.47. The molecule has 1 unspecified atom stereocenters. The van der Waals surface area contributed by atoms with Gasteiger partial charge in [-0.05, 0) is 51.5 Å². The van der Waals surface area contributed by atoms with E-state index >= 15 is 0 Å². The van der Waals surface area contributed by atoms with E-state index < -0.39 is 0 Å². The summed E-state index contributed by atoms with van der Waals surface area (Å²) in [6.45, 7) is 7.85. The molecule has 20 heavy (non-hydrogen) atoms. The number of hydrogen-bond donors (Lipinski definition) is 2. The Balaban J connectivity index is 2.19. The Morgan fingerprint density at radius 3 is 2.60 bits per heavy atom. The molecule has 1 amide bonds. The van der Waals surface area contributed by atoms with Gasteiger partial charge >= 0.3 is 0 Å². The summed E-state index contributed by atoms with van der Waals surface area (Å²) in [7, 11) is 0. The minimum atomic E-state index is -0.158. The molecule has 1 aromatic carbocycles. The van der Waals surface area contributed by atoms with Crippen molar-refractivity contribution in [3.05, 3.63) is 50.7 Å². The van der Waals surface area contributed by atoms with Crippen LogP contribution in [-0.2, 0) is 0 Å². The van der Waals surface area contributed by atoms with Crippen molar-refractivity contribution in [2.24, 2.45) is 0 Å². The van der Waals surface area contributed by atoms with E-state index in [2.05, 4.69) is 25.2 Å². The number of rotatable bonds is 3. The quantitative estimate of drug-likeness (QED) is 0.901. The largest absolute Gasteiger partial charge is 0.508 e. The molecule has 4 heteroatoms. The minimum absolute atomic E-state index is 0.0470. The molecule has 2 N–H and O–H groups in total. The number of benzene rings is 1. The molecule has 0 spiro atoms. The van der Waals surface area contributed by atoms with Crippen LogP contribution in [0.2, 0.25) is 0 Å². The molecule has 0 bridgehead atoms. The second kappa shape index (κ2) is 5.67. The topological polar surface area (TPSA) is 49.3 Å². The van der Waals surface area contributed by atoms with Gasteiger partial charge in [-0.1, -0.05) is 6.07 Å². The van der Waals surface area contributed by atoms with Crippen LogP contribution in [0.3, 0.4) is 0 Å². The molecular formula is C16H19NO2S. The molecule has 0 saturated heterocycles. The molecule has 2 rings (SSSR count). The fourth-order valence-corrected chi connectivity index (χ4v) is 3.32. The number of carbonyl (C=O) groups excluding carboxylic acids is 1. The molecule has 0 fully saturated rings. The normalized spacial score (nSPS) is 12.2. The maximum atomic E-state index is 12.3. The lowest BCUT2D eigenvalue weighted by Crippen LogP contribution is -2.27. The van der Waals surface area contributed by atoms with Crippen LogP contribution in [0.25, 0.3) is 0 Å². The molecule has 0 aliphatic carbocycles. The Hall–Kier alpha value is -1.81. The van der Waals surface area contributed by atoms with Gasteiger partial charge in [0.2, 0.25) is 0 Å². The lowest BCUT2D eigenvalue weighted by atomic mass is 10.1. The molecule has 0 radical (unpaired) electrons. The van der Waals surface area contributed by atoms with Crippen molar-refractivity contribution >= 4 is 17.2 Å². The first-order valence-corrected chi connectivity index (χ1v) is 7.38. The summed E-state index contributed by atoms with van der Waals surface area (Å²) in [4.78, 5) is 14.8. The van der Waals surface area contributed by atoms with Crippen molar-refractivity contribution in [2.45, 2.75) is 33.7 Å². The highest BCUT2D eigenvalue weighted by Gasteiger charge is 2.17. The summed E-state index contributed by atoms with van der Waals surface area (Å²) in [5.41, 5.74) is 2.27. The summed E-state index contributed by atoms with van der Waals surface area (Å²) >= 11 is 1.73. The molecule has 0 saturated carbocycles. The Morgan fingerprint density at radius 2 is 2.00 bits per heavy atom. The number of hydrogen-bond acceptors (Lipinski definition) is 3. The van der Waals surface area contributed by atoms with Crippen molar-refractivity contribution in [3.63, 3.8) is 0 Å². The van der Waals surface area contributed by atoms with Gasteiger partial charge in [-0.3, -0.25) is 4.79 Å². The first-order chi connectivity index (χ1) is 9.40. The average molecular weight is 289 g/mol. The number of phenolic OH excluding ortho intramolecular Hbond substituents is 1. The Kier molecular flexibility index (Phi) is 4.14. The van der Waals surface area contributed by atoms with Crippen LogP contribution in [0.5, 0.6) is 5.75 Å². The molecule has 2 aromatic rings. The maximum Gasteiger partial charge on any atom is 0.252 e. The van der Waals surface area contributed by atoms with Gasteiger partial charge < -0.3 is 10.4 Å². The predicted octanol–water partition coefficient (Wildman–Crippen LogP) is 3.87. The Morgan fingerprint density at radius 1 is 1.30 bits per heavy atom. The van der Waals surface area contributed by atoms with Crippen LogP contribution in [0, 0.1) is 20.8 Å². The zero-order valence-electron chi connectivity index (χ0n) is 12.2. The van der Waals surface area contributed by atoms with E-state index in [1.165, 1.54) is 9.75 Å². The fraction of sp³-hybridized carbons (Fsp3) is 0.312.